The highest BCUT2D eigenvalue weighted by molar-refractivity contribution is 5.16. The molecule has 3 nitrogen and oxygen atoms in total. The van der Waals surface area contributed by atoms with E-state index in [9.17, 15) is 0 Å². The van der Waals surface area contributed by atoms with Crippen LogP contribution in [0.1, 0.15) is 36.3 Å². The minimum Gasteiger partial charge on any atom is -0.364 e. The Bertz CT molecular complexity index is 362. The minimum absolute atomic E-state index is 0.480. The van der Waals surface area contributed by atoms with Crippen molar-refractivity contribution in [3.8, 4) is 0 Å². The molecule has 15 heavy (non-hydrogen) atoms. The smallest absolute Gasteiger partial charge is 0.0478 e. The fourth-order valence-electron chi connectivity index (χ4n) is 2.36. The molecule has 3 rings (SSSR count). The largest absolute Gasteiger partial charge is 0.364 e. The molecule has 0 spiro atoms. The van der Waals surface area contributed by atoms with E-state index in [0.717, 1.165) is 0 Å². The van der Waals surface area contributed by atoms with Crippen LogP contribution < -0.4 is 5.32 Å². The SMILES string of the molecule is c1c[nH]c([C@@H]2CC[C@H](c3ccc[nH]3)N2)c1. The van der Waals surface area contributed by atoms with E-state index in [1.54, 1.807) is 0 Å². The molecule has 1 fully saturated rings. The molecule has 3 N–H and O–H groups in total. The Balaban J connectivity index is 1.74. The van der Waals surface area contributed by atoms with E-state index in [1.807, 2.05) is 12.4 Å². The monoisotopic (exact) mass is 201 g/mol. The standard InChI is InChI=1S/C12H15N3/c1-3-9(13-7-1)11-5-6-12(15-11)10-4-2-8-14-10/h1-4,7-8,11-15H,5-6H2/t11-,12+. The zero-order chi connectivity index (χ0) is 10.1. The van der Waals surface area contributed by atoms with Gasteiger partial charge in [0, 0.05) is 35.9 Å². The first-order chi connectivity index (χ1) is 7.43. The fourth-order valence-corrected chi connectivity index (χ4v) is 2.36. The summed E-state index contributed by atoms with van der Waals surface area (Å²) >= 11 is 0. The Hall–Kier alpha value is -1.48. The van der Waals surface area contributed by atoms with Crippen LogP contribution >= 0.6 is 0 Å². The predicted molar refractivity (Wildman–Crippen MR) is 59.4 cm³/mol. The van der Waals surface area contributed by atoms with Crippen molar-refractivity contribution >= 4 is 0 Å². The van der Waals surface area contributed by atoms with Crippen LogP contribution in [0.2, 0.25) is 0 Å². The van der Waals surface area contributed by atoms with Crippen molar-refractivity contribution in [2.45, 2.75) is 24.9 Å². The van der Waals surface area contributed by atoms with Gasteiger partial charge in [-0.2, -0.15) is 0 Å². The molecule has 1 aliphatic heterocycles. The van der Waals surface area contributed by atoms with E-state index in [0.29, 0.717) is 12.1 Å². The molecule has 0 bridgehead atoms. The van der Waals surface area contributed by atoms with Crippen molar-refractivity contribution in [3.63, 3.8) is 0 Å². The van der Waals surface area contributed by atoms with Crippen LogP contribution in [0.15, 0.2) is 36.7 Å². The van der Waals surface area contributed by atoms with Gasteiger partial charge in [0.05, 0.1) is 0 Å². The van der Waals surface area contributed by atoms with Gasteiger partial charge in [-0.25, -0.2) is 0 Å². The molecule has 0 aliphatic carbocycles. The van der Waals surface area contributed by atoms with Gasteiger partial charge in [-0.05, 0) is 37.1 Å². The molecule has 3 heteroatoms. The van der Waals surface area contributed by atoms with Gasteiger partial charge >= 0.3 is 0 Å². The second-order valence-electron chi connectivity index (χ2n) is 4.10. The average molecular weight is 201 g/mol. The Kier molecular flexibility index (Phi) is 2.10. The highest BCUT2D eigenvalue weighted by Crippen LogP contribution is 2.32. The van der Waals surface area contributed by atoms with Crippen LogP contribution in [0.5, 0.6) is 0 Å². The molecule has 0 radical (unpaired) electrons. The van der Waals surface area contributed by atoms with Crippen LogP contribution in [0, 0.1) is 0 Å². The molecule has 1 aliphatic rings. The zero-order valence-electron chi connectivity index (χ0n) is 8.53. The van der Waals surface area contributed by atoms with Gasteiger partial charge in [-0.3, -0.25) is 0 Å². The Labute approximate surface area is 88.9 Å². The first kappa shape index (κ1) is 8.80. The maximum absolute atomic E-state index is 3.63. The molecule has 2 aromatic rings. The summed E-state index contributed by atoms with van der Waals surface area (Å²) in [5.74, 6) is 0. The quantitative estimate of drug-likeness (QED) is 0.686. The van der Waals surface area contributed by atoms with Crippen LogP contribution in [-0.4, -0.2) is 9.97 Å². The summed E-state index contributed by atoms with van der Waals surface area (Å²) in [6, 6.07) is 9.36. The van der Waals surface area contributed by atoms with E-state index in [1.165, 1.54) is 24.2 Å². The van der Waals surface area contributed by atoms with E-state index in [-0.39, 0.29) is 0 Å². The van der Waals surface area contributed by atoms with Crippen LogP contribution in [-0.2, 0) is 0 Å². The van der Waals surface area contributed by atoms with Crippen molar-refractivity contribution in [2.24, 2.45) is 0 Å². The number of aromatic nitrogens is 2. The van der Waals surface area contributed by atoms with E-state index in [2.05, 4.69) is 39.6 Å². The molecule has 1 saturated heterocycles. The average Bonchev–Trinajstić information content (AvgIpc) is 3.02. The second-order valence-corrected chi connectivity index (χ2v) is 4.10. The molecule has 0 aromatic carbocycles. The zero-order valence-corrected chi connectivity index (χ0v) is 8.53. The lowest BCUT2D eigenvalue weighted by Gasteiger charge is -2.12. The maximum Gasteiger partial charge on any atom is 0.0478 e. The second kappa shape index (κ2) is 3.59. The normalized spacial score (nSPS) is 25.9. The van der Waals surface area contributed by atoms with Crippen LogP contribution in [0.3, 0.4) is 0 Å². The van der Waals surface area contributed by atoms with Crippen LogP contribution in [0.4, 0.5) is 0 Å². The highest BCUT2D eigenvalue weighted by atomic mass is 15.0. The summed E-state index contributed by atoms with van der Waals surface area (Å²) < 4.78 is 0. The number of H-pyrrole nitrogens is 2. The Morgan fingerprint density at radius 1 is 0.867 bits per heavy atom. The molecular formula is C12H15N3. The first-order valence-corrected chi connectivity index (χ1v) is 5.46. The van der Waals surface area contributed by atoms with E-state index in [4.69, 9.17) is 0 Å². The molecule has 0 unspecified atom stereocenters. The Morgan fingerprint density at radius 2 is 1.40 bits per heavy atom. The topological polar surface area (TPSA) is 43.6 Å². The molecule has 3 heterocycles. The summed E-state index contributed by atoms with van der Waals surface area (Å²) in [5.41, 5.74) is 2.59. The first-order valence-electron chi connectivity index (χ1n) is 5.46. The molecule has 2 aromatic heterocycles. The summed E-state index contributed by atoms with van der Waals surface area (Å²) in [4.78, 5) is 6.54. The fraction of sp³-hybridized carbons (Fsp3) is 0.333. The van der Waals surface area contributed by atoms with Crippen molar-refractivity contribution in [1.29, 1.82) is 0 Å². The van der Waals surface area contributed by atoms with Gasteiger partial charge in [-0.1, -0.05) is 0 Å². The number of hydrogen-bond donors (Lipinski definition) is 3. The summed E-state index contributed by atoms with van der Waals surface area (Å²) in [7, 11) is 0. The lowest BCUT2D eigenvalue weighted by Crippen LogP contribution is -2.17. The molecule has 78 valence electrons. The minimum atomic E-state index is 0.480. The van der Waals surface area contributed by atoms with Crippen molar-refractivity contribution in [3.05, 3.63) is 48.0 Å². The number of rotatable bonds is 2. The van der Waals surface area contributed by atoms with Gasteiger partial charge in [-0.15, -0.1) is 0 Å². The third-order valence-corrected chi connectivity index (χ3v) is 3.14. The summed E-state index contributed by atoms with van der Waals surface area (Å²) in [6.45, 7) is 0. The summed E-state index contributed by atoms with van der Waals surface area (Å²) in [5, 5.41) is 3.63. The highest BCUT2D eigenvalue weighted by Gasteiger charge is 2.26. The lowest BCUT2D eigenvalue weighted by molar-refractivity contribution is 0.558. The third-order valence-electron chi connectivity index (χ3n) is 3.14. The molecule has 2 atom stereocenters. The summed E-state index contributed by atoms with van der Waals surface area (Å²) in [6.07, 6.45) is 6.37. The van der Waals surface area contributed by atoms with E-state index >= 15 is 0 Å². The van der Waals surface area contributed by atoms with Gasteiger partial charge in [0.1, 0.15) is 0 Å². The maximum atomic E-state index is 3.63. The number of aromatic amines is 2. The van der Waals surface area contributed by atoms with Gasteiger partial charge in [0.15, 0.2) is 0 Å². The molecule has 0 saturated carbocycles. The van der Waals surface area contributed by atoms with E-state index < -0.39 is 0 Å². The Morgan fingerprint density at radius 3 is 1.80 bits per heavy atom. The predicted octanol–water partition coefficient (Wildman–Crippen LogP) is 2.51. The number of nitrogens with one attached hydrogen (secondary N) is 3. The molecule has 0 amide bonds. The van der Waals surface area contributed by atoms with Crippen LogP contribution in [0.25, 0.3) is 0 Å². The van der Waals surface area contributed by atoms with Gasteiger partial charge in [0.2, 0.25) is 0 Å². The van der Waals surface area contributed by atoms with Crippen molar-refractivity contribution in [2.75, 3.05) is 0 Å². The lowest BCUT2D eigenvalue weighted by atomic mass is 10.1. The number of hydrogen-bond acceptors (Lipinski definition) is 1. The third kappa shape index (κ3) is 1.59. The van der Waals surface area contributed by atoms with Gasteiger partial charge in [0.25, 0.3) is 0 Å². The van der Waals surface area contributed by atoms with Crippen molar-refractivity contribution < 1.29 is 0 Å². The van der Waals surface area contributed by atoms with Crippen molar-refractivity contribution in [1.82, 2.24) is 15.3 Å². The molecular weight excluding hydrogens is 186 g/mol. The van der Waals surface area contributed by atoms with Gasteiger partial charge < -0.3 is 15.3 Å².